The molecule has 3 heterocycles. The number of hydrogen-bond donors (Lipinski definition) is 0. The molecule has 160 valence electrons. The van der Waals surface area contributed by atoms with Crippen molar-refractivity contribution in [1.82, 2.24) is 19.6 Å². The Morgan fingerprint density at radius 1 is 0.931 bits per heavy atom. The average Bonchev–Trinajstić information content (AvgIpc) is 3.21. The number of hydrogen-bond acceptors (Lipinski definition) is 5. The fourth-order valence-corrected chi connectivity index (χ4v) is 5.15. The SMILES string of the molecule is [C-]#[N+]C(C#N)=C1N(CCCN2CCCCCC2)CCN1CCCN1CCCC1C. The molecular weight excluding hydrogens is 360 g/mol. The summed E-state index contributed by atoms with van der Waals surface area (Å²) in [7, 11) is 0. The maximum absolute atomic E-state index is 9.52. The minimum Gasteiger partial charge on any atom is -0.365 e. The van der Waals surface area contributed by atoms with Crippen LogP contribution in [0, 0.1) is 17.9 Å². The summed E-state index contributed by atoms with van der Waals surface area (Å²) in [6, 6.07) is 2.87. The first-order chi connectivity index (χ1) is 14.2. The summed E-state index contributed by atoms with van der Waals surface area (Å²) in [4.78, 5) is 13.3. The van der Waals surface area contributed by atoms with Gasteiger partial charge >= 0.3 is 5.70 Å². The zero-order valence-corrected chi connectivity index (χ0v) is 18.3. The van der Waals surface area contributed by atoms with Gasteiger partial charge in [0.25, 0.3) is 0 Å². The van der Waals surface area contributed by atoms with Gasteiger partial charge in [0.1, 0.15) is 5.82 Å². The van der Waals surface area contributed by atoms with E-state index < -0.39 is 0 Å². The third kappa shape index (κ3) is 6.11. The Kier molecular flexibility index (Phi) is 8.65. The van der Waals surface area contributed by atoms with Crippen molar-refractivity contribution in [2.45, 2.75) is 64.3 Å². The van der Waals surface area contributed by atoms with Crippen LogP contribution in [0.15, 0.2) is 11.5 Å². The van der Waals surface area contributed by atoms with Crippen LogP contribution < -0.4 is 0 Å². The van der Waals surface area contributed by atoms with E-state index in [1.54, 1.807) is 0 Å². The first kappa shape index (κ1) is 21.9. The summed E-state index contributed by atoms with van der Waals surface area (Å²) in [6.07, 6.45) is 10.2. The van der Waals surface area contributed by atoms with Crippen molar-refractivity contribution in [3.63, 3.8) is 0 Å². The van der Waals surface area contributed by atoms with Gasteiger partial charge in [-0.25, -0.2) is 10.1 Å². The molecule has 1 unspecified atom stereocenters. The average molecular weight is 399 g/mol. The van der Waals surface area contributed by atoms with Gasteiger partial charge in [0, 0.05) is 38.8 Å². The Morgan fingerprint density at radius 3 is 2.14 bits per heavy atom. The lowest BCUT2D eigenvalue weighted by Gasteiger charge is -2.28. The summed E-state index contributed by atoms with van der Waals surface area (Å²) in [5.41, 5.74) is 0.270. The zero-order valence-electron chi connectivity index (χ0n) is 18.3. The minimum absolute atomic E-state index is 0.270. The molecule has 0 aromatic heterocycles. The Hall–Kier alpha value is -1.76. The second-order valence-electron chi connectivity index (χ2n) is 8.86. The van der Waals surface area contributed by atoms with E-state index in [0.29, 0.717) is 6.04 Å². The van der Waals surface area contributed by atoms with Crippen LogP contribution in [0.2, 0.25) is 0 Å². The quantitative estimate of drug-likeness (QED) is 0.463. The van der Waals surface area contributed by atoms with Crippen LogP contribution >= 0.6 is 0 Å². The van der Waals surface area contributed by atoms with Crippen molar-refractivity contribution >= 4 is 0 Å². The fraction of sp³-hybridized carbons (Fsp3) is 0.826. The predicted octanol–water partition coefficient (Wildman–Crippen LogP) is 3.36. The summed E-state index contributed by atoms with van der Waals surface area (Å²) in [5.74, 6) is 0.896. The number of nitriles is 1. The van der Waals surface area contributed by atoms with Crippen LogP contribution in [-0.4, -0.2) is 84.5 Å². The van der Waals surface area contributed by atoms with Crippen molar-refractivity contribution in [1.29, 1.82) is 5.26 Å². The maximum atomic E-state index is 9.52. The smallest absolute Gasteiger partial charge is 0.300 e. The lowest BCUT2D eigenvalue weighted by molar-refractivity contribution is 0.241. The second-order valence-corrected chi connectivity index (χ2v) is 8.86. The van der Waals surface area contributed by atoms with E-state index in [-0.39, 0.29) is 5.70 Å². The monoisotopic (exact) mass is 398 g/mol. The fourth-order valence-electron chi connectivity index (χ4n) is 5.15. The molecule has 0 aromatic carbocycles. The van der Waals surface area contributed by atoms with Crippen LogP contribution in [-0.2, 0) is 0 Å². The highest BCUT2D eigenvalue weighted by atomic mass is 15.4. The molecule has 0 saturated carbocycles. The van der Waals surface area contributed by atoms with Crippen LogP contribution in [0.25, 0.3) is 4.85 Å². The Balaban J connectivity index is 1.51. The first-order valence-corrected chi connectivity index (χ1v) is 11.7. The van der Waals surface area contributed by atoms with Crippen LogP contribution in [0.3, 0.4) is 0 Å². The van der Waals surface area contributed by atoms with E-state index in [1.807, 2.05) is 0 Å². The van der Waals surface area contributed by atoms with Gasteiger partial charge in [0.15, 0.2) is 0 Å². The first-order valence-electron chi connectivity index (χ1n) is 11.7. The van der Waals surface area contributed by atoms with E-state index in [0.717, 1.165) is 57.9 Å². The zero-order chi connectivity index (χ0) is 20.5. The van der Waals surface area contributed by atoms with Crippen molar-refractivity contribution in [3.05, 3.63) is 22.9 Å². The topological polar surface area (TPSA) is 41.1 Å². The van der Waals surface area contributed by atoms with Gasteiger partial charge in [-0.1, -0.05) is 12.8 Å². The molecule has 3 aliphatic heterocycles. The highest BCUT2D eigenvalue weighted by Gasteiger charge is 2.28. The minimum atomic E-state index is 0.270. The van der Waals surface area contributed by atoms with Gasteiger partial charge < -0.3 is 19.6 Å². The molecule has 3 fully saturated rings. The molecular formula is C23H38N6. The Bertz CT molecular complexity index is 606. The molecule has 0 aromatic rings. The highest BCUT2D eigenvalue weighted by molar-refractivity contribution is 5.33. The maximum Gasteiger partial charge on any atom is 0.300 e. The van der Waals surface area contributed by atoms with Crippen LogP contribution in [0.5, 0.6) is 0 Å². The van der Waals surface area contributed by atoms with Gasteiger partial charge in [0.2, 0.25) is 0 Å². The standard InChI is InChI=1S/C23H38N6/c1-21-10-7-14-27(21)15-9-17-29-19-18-28(23(29)22(20-24)25-2)16-8-13-26-11-5-3-4-6-12-26/h21H,3-19H2,1H3. The van der Waals surface area contributed by atoms with Crippen LogP contribution in [0.1, 0.15) is 58.3 Å². The van der Waals surface area contributed by atoms with E-state index >= 15 is 0 Å². The van der Waals surface area contributed by atoms with Gasteiger partial charge in [-0.05, 0) is 71.6 Å². The number of allylic oxidation sites excluding steroid dienone is 1. The van der Waals surface area contributed by atoms with E-state index in [9.17, 15) is 5.26 Å². The van der Waals surface area contributed by atoms with Crippen LogP contribution in [0.4, 0.5) is 0 Å². The van der Waals surface area contributed by atoms with Crippen molar-refractivity contribution in [2.75, 3.05) is 58.9 Å². The molecule has 3 aliphatic rings. The molecule has 29 heavy (non-hydrogen) atoms. The van der Waals surface area contributed by atoms with Crippen molar-refractivity contribution < 1.29 is 0 Å². The summed E-state index contributed by atoms with van der Waals surface area (Å²) in [6.45, 7) is 19.5. The van der Waals surface area contributed by atoms with Gasteiger partial charge in [-0.3, -0.25) is 0 Å². The molecule has 6 nitrogen and oxygen atoms in total. The van der Waals surface area contributed by atoms with Crippen molar-refractivity contribution in [3.8, 4) is 6.07 Å². The molecule has 0 bridgehead atoms. The van der Waals surface area contributed by atoms with Gasteiger partial charge in [-0.15, -0.1) is 0 Å². The molecule has 0 amide bonds. The molecule has 6 heteroatoms. The number of rotatable bonds is 8. The Morgan fingerprint density at radius 2 is 1.59 bits per heavy atom. The lowest BCUT2D eigenvalue weighted by Crippen LogP contribution is -2.32. The largest absolute Gasteiger partial charge is 0.365 e. The predicted molar refractivity (Wildman–Crippen MR) is 117 cm³/mol. The van der Waals surface area contributed by atoms with E-state index in [4.69, 9.17) is 6.57 Å². The van der Waals surface area contributed by atoms with Gasteiger partial charge in [0.05, 0.1) is 12.6 Å². The summed E-state index contributed by atoms with van der Waals surface area (Å²) in [5, 5.41) is 9.52. The molecule has 0 aliphatic carbocycles. The molecule has 0 radical (unpaired) electrons. The number of nitrogens with zero attached hydrogens (tertiary/aromatic N) is 6. The third-order valence-corrected chi connectivity index (χ3v) is 6.83. The normalized spacial score (nSPS) is 25.7. The summed E-state index contributed by atoms with van der Waals surface area (Å²) >= 11 is 0. The Labute approximate surface area is 177 Å². The molecule has 3 saturated heterocycles. The van der Waals surface area contributed by atoms with E-state index in [1.165, 1.54) is 58.2 Å². The number of likely N-dealkylation sites (tertiary alicyclic amines) is 2. The second kappa shape index (κ2) is 11.4. The third-order valence-electron chi connectivity index (χ3n) is 6.83. The highest BCUT2D eigenvalue weighted by Crippen LogP contribution is 2.24. The molecule has 0 spiro atoms. The molecule has 1 atom stereocenters. The molecule has 3 rings (SSSR count). The summed E-state index contributed by atoms with van der Waals surface area (Å²) < 4.78 is 0. The van der Waals surface area contributed by atoms with Crippen molar-refractivity contribution in [2.24, 2.45) is 0 Å². The lowest BCUT2D eigenvalue weighted by atomic mass is 10.2. The van der Waals surface area contributed by atoms with Gasteiger partial charge in [-0.2, -0.15) is 0 Å². The van der Waals surface area contributed by atoms with E-state index in [2.05, 4.69) is 37.4 Å². The molecule has 0 N–H and O–H groups in total.